The molecule has 1 rings (SSSR count). The topological polar surface area (TPSA) is 18.5 Å². The van der Waals surface area contributed by atoms with Gasteiger partial charge in [0.15, 0.2) is 6.29 Å². The maximum atomic E-state index is 5.62. The molecule has 2 nitrogen and oxygen atoms in total. The SMILES string of the molecule is CC(C)(C)[Si](C)(C)C#CCO[C@H]1CCCCO1. The highest BCUT2D eigenvalue weighted by atomic mass is 28.3. The third-order valence-electron chi connectivity index (χ3n) is 3.76. The van der Waals surface area contributed by atoms with E-state index in [1.807, 2.05) is 0 Å². The summed E-state index contributed by atoms with van der Waals surface area (Å²) in [6, 6.07) is 0. The van der Waals surface area contributed by atoms with Gasteiger partial charge < -0.3 is 9.47 Å². The van der Waals surface area contributed by atoms with Crippen molar-refractivity contribution in [3.8, 4) is 11.5 Å². The van der Waals surface area contributed by atoms with Crippen molar-refractivity contribution < 1.29 is 9.47 Å². The molecule has 0 unspecified atom stereocenters. The zero-order valence-corrected chi connectivity index (χ0v) is 12.9. The molecule has 1 fully saturated rings. The Bertz CT molecular complexity index is 288. The first kappa shape index (κ1) is 14.8. The minimum absolute atomic E-state index is 0.0162. The summed E-state index contributed by atoms with van der Waals surface area (Å²) in [6.07, 6.45) is 3.37. The Labute approximate surface area is 107 Å². The van der Waals surface area contributed by atoms with Gasteiger partial charge in [-0.05, 0) is 24.3 Å². The lowest BCUT2D eigenvalue weighted by Crippen LogP contribution is -2.35. The zero-order valence-electron chi connectivity index (χ0n) is 11.9. The molecular formula is C14H26O2Si. The number of hydrogen-bond donors (Lipinski definition) is 0. The fraction of sp³-hybridized carbons (Fsp3) is 0.857. The smallest absolute Gasteiger partial charge is 0.158 e. The second-order valence-corrected chi connectivity index (χ2v) is 11.3. The van der Waals surface area contributed by atoms with E-state index in [-0.39, 0.29) is 6.29 Å². The van der Waals surface area contributed by atoms with Crippen molar-refractivity contribution in [2.45, 2.75) is 64.5 Å². The molecule has 0 aromatic rings. The molecule has 0 bridgehead atoms. The van der Waals surface area contributed by atoms with Crippen molar-refractivity contribution in [2.75, 3.05) is 13.2 Å². The van der Waals surface area contributed by atoms with E-state index in [0.29, 0.717) is 11.6 Å². The van der Waals surface area contributed by atoms with Crippen molar-refractivity contribution in [1.82, 2.24) is 0 Å². The van der Waals surface area contributed by atoms with Gasteiger partial charge in [-0.25, -0.2) is 0 Å². The Morgan fingerprint density at radius 2 is 2.00 bits per heavy atom. The van der Waals surface area contributed by atoms with E-state index >= 15 is 0 Å². The van der Waals surface area contributed by atoms with Crippen LogP contribution in [0.3, 0.4) is 0 Å². The summed E-state index contributed by atoms with van der Waals surface area (Å²) in [4.78, 5) is 0. The Kier molecular flexibility index (Phi) is 5.24. The molecule has 1 saturated heterocycles. The summed E-state index contributed by atoms with van der Waals surface area (Å²) in [6.45, 7) is 12.8. The normalized spacial score (nSPS) is 21.8. The number of ether oxygens (including phenoxy) is 2. The molecule has 17 heavy (non-hydrogen) atoms. The van der Waals surface area contributed by atoms with Crippen LogP contribution >= 0.6 is 0 Å². The molecule has 1 atom stereocenters. The summed E-state index contributed by atoms with van der Waals surface area (Å²) in [5.74, 6) is 3.19. The molecule has 0 aliphatic carbocycles. The predicted octanol–water partition coefficient (Wildman–Crippen LogP) is 3.58. The highest BCUT2D eigenvalue weighted by Gasteiger charge is 2.33. The first-order valence-electron chi connectivity index (χ1n) is 6.56. The average molecular weight is 254 g/mol. The van der Waals surface area contributed by atoms with E-state index in [2.05, 4.69) is 45.3 Å². The summed E-state index contributed by atoms with van der Waals surface area (Å²) < 4.78 is 11.1. The predicted molar refractivity (Wildman–Crippen MR) is 74.5 cm³/mol. The Balaban J connectivity index is 2.35. The quantitative estimate of drug-likeness (QED) is 0.554. The molecule has 1 aliphatic heterocycles. The molecule has 1 heterocycles. The van der Waals surface area contributed by atoms with Crippen LogP contribution in [0, 0.1) is 11.5 Å². The van der Waals surface area contributed by atoms with Crippen LogP contribution in [0.15, 0.2) is 0 Å². The van der Waals surface area contributed by atoms with Crippen LogP contribution < -0.4 is 0 Å². The minimum atomic E-state index is -1.47. The van der Waals surface area contributed by atoms with Crippen LogP contribution in [0.4, 0.5) is 0 Å². The van der Waals surface area contributed by atoms with Gasteiger partial charge >= 0.3 is 0 Å². The van der Waals surface area contributed by atoms with Gasteiger partial charge in [0.25, 0.3) is 0 Å². The molecule has 0 amide bonds. The van der Waals surface area contributed by atoms with Crippen LogP contribution in [0.25, 0.3) is 0 Å². The van der Waals surface area contributed by atoms with E-state index in [4.69, 9.17) is 9.47 Å². The maximum absolute atomic E-state index is 5.62. The van der Waals surface area contributed by atoms with E-state index in [0.717, 1.165) is 19.4 Å². The molecule has 0 radical (unpaired) electrons. The van der Waals surface area contributed by atoms with Gasteiger partial charge in [0.1, 0.15) is 14.7 Å². The first-order chi connectivity index (χ1) is 7.83. The molecule has 0 aromatic heterocycles. The molecular weight excluding hydrogens is 228 g/mol. The highest BCUT2D eigenvalue weighted by molar-refractivity contribution is 6.87. The summed E-state index contributed by atoms with van der Waals surface area (Å²) in [5.41, 5.74) is 3.45. The molecule has 0 spiro atoms. The zero-order chi connectivity index (χ0) is 12.9. The van der Waals surface area contributed by atoms with E-state index in [9.17, 15) is 0 Å². The third-order valence-corrected chi connectivity index (χ3v) is 8.31. The van der Waals surface area contributed by atoms with Gasteiger partial charge in [-0.15, -0.1) is 5.54 Å². The van der Waals surface area contributed by atoms with Crippen LogP contribution in [-0.4, -0.2) is 27.6 Å². The van der Waals surface area contributed by atoms with Gasteiger partial charge in [-0.3, -0.25) is 0 Å². The first-order valence-corrected chi connectivity index (χ1v) is 9.56. The second-order valence-electron chi connectivity index (χ2n) is 6.28. The van der Waals surface area contributed by atoms with Crippen molar-refractivity contribution in [3.05, 3.63) is 0 Å². The van der Waals surface area contributed by atoms with E-state index < -0.39 is 8.07 Å². The minimum Gasteiger partial charge on any atom is -0.353 e. The largest absolute Gasteiger partial charge is 0.353 e. The lowest BCUT2D eigenvalue weighted by Gasteiger charge is -2.31. The maximum Gasteiger partial charge on any atom is 0.158 e. The Hall–Kier alpha value is -0.303. The van der Waals surface area contributed by atoms with Crippen LogP contribution in [-0.2, 0) is 9.47 Å². The van der Waals surface area contributed by atoms with Crippen molar-refractivity contribution >= 4 is 8.07 Å². The Morgan fingerprint density at radius 3 is 2.53 bits per heavy atom. The van der Waals surface area contributed by atoms with Gasteiger partial charge in [-0.2, -0.15) is 0 Å². The van der Waals surface area contributed by atoms with Gasteiger partial charge in [-0.1, -0.05) is 39.8 Å². The lowest BCUT2D eigenvalue weighted by atomic mass is 10.2. The fourth-order valence-corrected chi connectivity index (χ4v) is 2.31. The monoisotopic (exact) mass is 254 g/mol. The van der Waals surface area contributed by atoms with E-state index in [1.165, 1.54) is 6.42 Å². The van der Waals surface area contributed by atoms with Crippen molar-refractivity contribution in [1.29, 1.82) is 0 Å². The van der Waals surface area contributed by atoms with Crippen LogP contribution in [0.2, 0.25) is 18.1 Å². The second kappa shape index (κ2) is 6.04. The summed E-state index contributed by atoms with van der Waals surface area (Å²) >= 11 is 0. The van der Waals surface area contributed by atoms with Crippen LogP contribution in [0.5, 0.6) is 0 Å². The lowest BCUT2D eigenvalue weighted by molar-refractivity contribution is -0.154. The van der Waals surface area contributed by atoms with Gasteiger partial charge in [0, 0.05) is 6.61 Å². The Morgan fingerprint density at radius 1 is 1.29 bits per heavy atom. The van der Waals surface area contributed by atoms with Crippen molar-refractivity contribution in [3.63, 3.8) is 0 Å². The average Bonchev–Trinajstić information content (AvgIpc) is 2.24. The van der Waals surface area contributed by atoms with E-state index in [1.54, 1.807) is 0 Å². The number of rotatable bonds is 2. The van der Waals surface area contributed by atoms with Gasteiger partial charge in [0.05, 0.1) is 0 Å². The molecule has 98 valence electrons. The fourth-order valence-electron chi connectivity index (χ4n) is 1.42. The summed E-state index contributed by atoms with van der Waals surface area (Å²) in [7, 11) is -1.47. The molecule has 1 aliphatic rings. The molecule has 0 aromatic carbocycles. The number of hydrogen-bond acceptors (Lipinski definition) is 2. The molecule has 0 saturated carbocycles. The highest BCUT2D eigenvalue weighted by Crippen LogP contribution is 2.35. The van der Waals surface area contributed by atoms with Gasteiger partial charge in [0.2, 0.25) is 0 Å². The standard InChI is InChI=1S/C14H26O2Si/c1-14(2,3)17(4,5)12-8-11-16-13-9-6-7-10-15-13/h13H,6-7,9-11H2,1-5H3/t13-/m0/s1. The third kappa shape index (κ3) is 4.83. The summed E-state index contributed by atoms with van der Waals surface area (Å²) in [5, 5.41) is 0.321. The molecule has 3 heteroatoms. The molecule has 0 N–H and O–H groups in total. The van der Waals surface area contributed by atoms with Crippen LogP contribution in [0.1, 0.15) is 40.0 Å². The van der Waals surface area contributed by atoms with Crippen molar-refractivity contribution in [2.24, 2.45) is 0 Å².